The number of halogens is 1. The molecule has 0 aliphatic carbocycles. The zero-order valence-corrected chi connectivity index (χ0v) is 17.9. The van der Waals surface area contributed by atoms with Crippen LogP contribution in [0.2, 0.25) is 0 Å². The number of rotatable bonds is 6. The van der Waals surface area contributed by atoms with Crippen molar-refractivity contribution >= 4 is 11.9 Å². The van der Waals surface area contributed by atoms with Crippen molar-refractivity contribution in [2.24, 2.45) is 0 Å². The van der Waals surface area contributed by atoms with E-state index in [9.17, 15) is 14.3 Å². The maximum atomic E-state index is 14.4. The third-order valence-electron chi connectivity index (χ3n) is 5.06. The molecule has 2 aromatic carbocycles. The number of nitrogens with one attached hydrogen (secondary N) is 1. The number of hydrogen-bond acceptors (Lipinski definition) is 7. The number of hydrogen-bond donors (Lipinski definition) is 2. The smallest absolute Gasteiger partial charge is 0.338 e. The Morgan fingerprint density at radius 3 is 2.72 bits per heavy atom. The number of phenolic OH excluding ortho intramolecular Hbond substituents is 1. The summed E-state index contributed by atoms with van der Waals surface area (Å²) in [4.78, 5) is 17.3. The Kier molecular flexibility index (Phi) is 5.81. The standard InChI is InChI=1S/C23H23FN4O4/c1-4-31-18-12-14(10-11-17(18)29)20-19(22(30)32-5-2)13(3)25-23-26-21(27-28(20)23)15-8-6-7-9-16(15)24/h6-12,20,29H,4-5H2,1-3H3,(H,25,26,27). The first-order chi connectivity index (χ1) is 15.4. The summed E-state index contributed by atoms with van der Waals surface area (Å²) in [6.07, 6.45) is 0. The highest BCUT2D eigenvalue weighted by Gasteiger charge is 2.36. The predicted molar refractivity (Wildman–Crippen MR) is 116 cm³/mol. The fourth-order valence-corrected chi connectivity index (χ4v) is 3.66. The van der Waals surface area contributed by atoms with Gasteiger partial charge in [0.25, 0.3) is 0 Å². The lowest BCUT2D eigenvalue weighted by Crippen LogP contribution is -2.29. The van der Waals surface area contributed by atoms with Crippen LogP contribution in [-0.4, -0.2) is 39.1 Å². The van der Waals surface area contributed by atoms with E-state index >= 15 is 0 Å². The second kappa shape index (κ2) is 8.70. The van der Waals surface area contributed by atoms with Crippen LogP contribution in [0.25, 0.3) is 11.4 Å². The van der Waals surface area contributed by atoms with Crippen molar-refractivity contribution in [3.8, 4) is 22.9 Å². The van der Waals surface area contributed by atoms with Crippen LogP contribution < -0.4 is 10.1 Å². The van der Waals surface area contributed by atoms with Crippen LogP contribution in [0.3, 0.4) is 0 Å². The van der Waals surface area contributed by atoms with Crippen LogP contribution >= 0.6 is 0 Å². The number of allylic oxidation sites excluding steroid dienone is 1. The van der Waals surface area contributed by atoms with Crippen molar-refractivity contribution in [2.45, 2.75) is 26.8 Å². The number of fused-ring (bicyclic) bond motifs is 1. The summed E-state index contributed by atoms with van der Waals surface area (Å²) in [5, 5.41) is 17.7. The molecule has 1 aromatic heterocycles. The summed E-state index contributed by atoms with van der Waals surface area (Å²) < 4.78 is 26.7. The zero-order chi connectivity index (χ0) is 22.8. The first-order valence-corrected chi connectivity index (χ1v) is 10.3. The second-order valence-electron chi connectivity index (χ2n) is 7.13. The Morgan fingerprint density at radius 2 is 2.00 bits per heavy atom. The number of esters is 1. The van der Waals surface area contributed by atoms with Crippen molar-refractivity contribution in [3.05, 3.63) is 65.1 Å². The Bertz CT molecular complexity index is 1200. The van der Waals surface area contributed by atoms with E-state index in [-0.39, 0.29) is 29.5 Å². The fraction of sp³-hybridized carbons (Fsp3) is 0.261. The number of benzene rings is 2. The van der Waals surface area contributed by atoms with E-state index in [2.05, 4.69) is 15.4 Å². The highest BCUT2D eigenvalue weighted by atomic mass is 19.1. The van der Waals surface area contributed by atoms with Gasteiger partial charge in [-0.2, -0.15) is 4.98 Å². The molecule has 0 radical (unpaired) electrons. The molecule has 32 heavy (non-hydrogen) atoms. The SMILES string of the molecule is CCOC(=O)C1=C(C)Nc2nc(-c3ccccc3F)nn2C1c1ccc(O)c(OCC)c1. The molecule has 0 amide bonds. The average Bonchev–Trinajstić information content (AvgIpc) is 3.18. The van der Waals surface area contributed by atoms with Gasteiger partial charge in [0.15, 0.2) is 17.3 Å². The fourth-order valence-electron chi connectivity index (χ4n) is 3.66. The van der Waals surface area contributed by atoms with Gasteiger partial charge in [0, 0.05) is 5.70 Å². The zero-order valence-electron chi connectivity index (χ0n) is 17.9. The lowest BCUT2D eigenvalue weighted by molar-refractivity contribution is -0.139. The summed E-state index contributed by atoms with van der Waals surface area (Å²) in [6, 6.07) is 10.3. The van der Waals surface area contributed by atoms with Crippen molar-refractivity contribution in [1.82, 2.24) is 14.8 Å². The summed E-state index contributed by atoms with van der Waals surface area (Å²) in [7, 11) is 0. The number of ether oxygens (including phenoxy) is 2. The number of carbonyl (C=O) groups excluding carboxylic acids is 1. The molecular formula is C23H23FN4O4. The monoisotopic (exact) mass is 438 g/mol. The molecule has 0 bridgehead atoms. The quantitative estimate of drug-likeness (QED) is 0.561. The Morgan fingerprint density at radius 1 is 1.22 bits per heavy atom. The normalized spacial score (nSPS) is 15.2. The Hall–Kier alpha value is -3.88. The minimum Gasteiger partial charge on any atom is -0.504 e. The van der Waals surface area contributed by atoms with Crippen LogP contribution in [0.15, 0.2) is 53.7 Å². The lowest BCUT2D eigenvalue weighted by atomic mass is 9.95. The van der Waals surface area contributed by atoms with Gasteiger partial charge in [-0.05, 0) is 50.6 Å². The second-order valence-corrected chi connectivity index (χ2v) is 7.13. The van der Waals surface area contributed by atoms with Gasteiger partial charge in [0.1, 0.15) is 11.9 Å². The van der Waals surface area contributed by atoms with Crippen LogP contribution in [0.4, 0.5) is 10.3 Å². The molecule has 1 aliphatic heterocycles. The topological polar surface area (TPSA) is 98.5 Å². The maximum Gasteiger partial charge on any atom is 0.338 e. The first kappa shape index (κ1) is 21.4. The van der Waals surface area contributed by atoms with Crippen LogP contribution in [0.1, 0.15) is 32.4 Å². The molecule has 9 heteroatoms. The molecule has 4 rings (SSSR count). The van der Waals surface area contributed by atoms with Gasteiger partial charge in [-0.15, -0.1) is 5.10 Å². The molecule has 3 aromatic rings. The number of nitrogens with zero attached hydrogens (tertiary/aromatic N) is 3. The molecule has 2 heterocycles. The predicted octanol–water partition coefficient (Wildman–Crippen LogP) is 4.04. The molecule has 0 fully saturated rings. The molecule has 0 saturated carbocycles. The molecule has 0 spiro atoms. The summed E-state index contributed by atoms with van der Waals surface area (Å²) in [5.41, 5.74) is 1.74. The van der Waals surface area contributed by atoms with Gasteiger partial charge < -0.3 is 19.9 Å². The first-order valence-electron chi connectivity index (χ1n) is 10.3. The number of aromatic hydroxyl groups is 1. The van der Waals surface area contributed by atoms with Crippen LogP contribution in [-0.2, 0) is 9.53 Å². The molecule has 8 nitrogen and oxygen atoms in total. The van der Waals surface area contributed by atoms with Crippen molar-refractivity contribution < 1.29 is 23.8 Å². The van der Waals surface area contributed by atoms with E-state index in [1.54, 1.807) is 51.1 Å². The minimum atomic E-state index is -0.724. The molecule has 166 valence electrons. The van der Waals surface area contributed by atoms with E-state index in [4.69, 9.17) is 9.47 Å². The molecule has 1 aliphatic rings. The largest absolute Gasteiger partial charge is 0.504 e. The number of carbonyl (C=O) groups is 1. The van der Waals surface area contributed by atoms with Gasteiger partial charge in [-0.25, -0.2) is 13.9 Å². The molecule has 2 N–H and O–H groups in total. The number of phenols is 1. The van der Waals surface area contributed by atoms with Gasteiger partial charge in [0.2, 0.25) is 5.95 Å². The van der Waals surface area contributed by atoms with Crippen LogP contribution in [0, 0.1) is 5.82 Å². The van der Waals surface area contributed by atoms with Gasteiger partial charge in [-0.1, -0.05) is 18.2 Å². The maximum absolute atomic E-state index is 14.4. The number of anilines is 1. The third-order valence-corrected chi connectivity index (χ3v) is 5.06. The summed E-state index contributed by atoms with van der Waals surface area (Å²) in [5.74, 6) is -0.177. The van der Waals surface area contributed by atoms with Crippen molar-refractivity contribution in [2.75, 3.05) is 18.5 Å². The summed E-state index contributed by atoms with van der Waals surface area (Å²) in [6.45, 7) is 5.83. The van der Waals surface area contributed by atoms with Crippen molar-refractivity contribution in [1.29, 1.82) is 0 Å². The van der Waals surface area contributed by atoms with Crippen molar-refractivity contribution in [3.63, 3.8) is 0 Å². The number of aromatic nitrogens is 3. The Balaban J connectivity index is 1.89. The highest BCUT2D eigenvalue weighted by Crippen LogP contribution is 2.39. The van der Waals surface area contributed by atoms with E-state index in [1.807, 2.05) is 0 Å². The van der Waals surface area contributed by atoms with Gasteiger partial charge in [-0.3, -0.25) is 0 Å². The van der Waals surface area contributed by atoms with Gasteiger partial charge in [0.05, 0.1) is 24.4 Å². The highest BCUT2D eigenvalue weighted by molar-refractivity contribution is 5.92. The third kappa shape index (κ3) is 3.77. The molecular weight excluding hydrogens is 415 g/mol. The van der Waals surface area contributed by atoms with E-state index in [1.165, 1.54) is 16.8 Å². The van der Waals surface area contributed by atoms with E-state index < -0.39 is 17.8 Å². The molecule has 1 atom stereocenters. The summed E-state index contributed by atoms with van der Waals surface area (Å²) >= 11 is 0. The van der Waals surface area contributed by atoms with Crippen LogP contribution in [0.5, 0.6) is 11.5 Å². The lowest BCUT2D eigenvalue weighted by Gasteiger charge is -2.28. The molecule has 0 saturated heterocycles. The van der Waals surface area contributed by atoms with E-state index in [0.29, 0.717) is 29.4 Å². The molecule has 1 unspecified atom stereocenters. The van der Waals surface area contributed by atoms with Gasteiger partial charge >= 0.3 is 5.97 Å². The van der Waals surface area contributed by atoms with E-state index in [0.717, 1.165) is 0 Å². The Labute approximate surface area is 184 Å². The average molecular weight is 438 g/mol. The minimum absolute atomic E-state index is 0.0196.